The molecule has 0 spiro atoms. The van der Waals surface area contributed by atoms with E-state index in [0.717, 1.165) is 44.0 Å². The second kappa shape index (κ2) is 8.80. The molecule has 0 aromatic carbocycles. The number of rotatable bonds is 6. The molecule has 0 bridgehead atoms. The summed E-state index contributed by atoms with van der Waals surface area (Å²) in [4.78, 5) is 19.5. The third kappa shape index (κ3) is 5.26. The summed E-state index contributed by atoms with van der Waals surface area (Å²) in [6.45, 7) is 8.97. The SMILES string of the molecule is CC(C)c1nc(OC2CCN(CC(C)c3ncc(O)cn3)CC2)ncc1Cl. The minimum Gasteiger partial charge on any atom is -0.505 e. The number of hydrogen-bond donors (Lipinski definition) is 1. The Morgan fingerprint density at radius 1 is 1.15 bits per heavy atom. The highest BCUT2D eigenvalue weighted by atomic mass is 35.5. The second-order valence-corrected chi connectivity index (χ2v) is 7.77. The van der Waals surface area contributed by atoms with Crippen molar-refractivity contribution in [1.29, 1.82) is 0 Å². The Morgan fingerprint density at radius 2 is 1.81 bits per heavy atom. The van der Waals surface area contributed by atoms with Crippen molar-refractivity contribution in [3.8, 4) is 11.8 Å². The Kier molecular flexibility index (Phi) is 6.44. The minimum absolute atomic E-state index is 0.0916. The van der Waals surface area contributed by atoms with Crippen LogP contribution >= 0.6 is 11.6 Å². The highest BCUT2D eigenvalue weighted by Crippen LogP contribution is 2.25. The number of nitrogens with zero attached hydrogens (tertiary/aromatic N) is 5. The molecule has 7 nitrogen and oxygen atoms in total. The molecule has 0 radical (unpaired) electrons. The second-order valence-electron chi connectivity index (χ2n) is 7.36. The molecule has 0 aliphatic carbocycles. The zero-order valence-electron chi connectivity index (χ0n) is 16.0. The molecule has 1 atom stereocenters. The van der Waals surface area contributed by atoms with E-state index in [1.54, 1.807) is 6.20 Å². The molecule has 8 heteroatoms. The van der Waals surface area contributed by atoms with Gasteiger partial charge in [-0.25, -0.2) is 15.0 Å². The van der Waals surface area contributed by atoms with Gasteiger partial charge in [0.1, 0.15) is 11.9 Å². The fourth-order valence-corrected chi connectivity index (χ4v) is 3.55. The molecule has 2 aromatic rings. The van der Waals surface area contributed by atoms with E-state index in [-0.39, 0.29) is 23.7 Å². The average Bonchev–Trinajstić information content (AvgIpc) is 2.65. The van der Waals surface area contributed by atoms with Crippen molar-refractivity contribution in [3.05, 3.63) is 35.1 Å². The lowest BCUT2D eigenvalue weighted by atomic mass is 10.0. The van der Waals surface area contributed by atoms with Gasteiger partial charge in [0.15, 0.2) is 5.75 Å². The van der Waals surface area contributed by atoms with Crippen LogP contribution in [0.4, 0.5) is 0 Å². The van der Waals surface area contributed by atoms with Crippen LogP contribution in [0, 0.1) is 0 Å². The van der Waals surface area contributed by atoms with Crippen molar-refractivity contribution in [1.82, 2.24) is 24.8 Å². The first-order valence-corrected chi connectivity index (χ1v) is 9.72. The molecular formula is C19H26ClN5O2. The molecular weight excluding hydrogens is 366 g/mol. The van der Waals surface area contributed by atoms with Gasteiger partial charge in [0.25, 0.3) is 0 Å². The Balaban J connectivity index is 1.50. The first kappa shape index (κ1) is 19.8. The van der Waals surface area contributed by atoms with Gasteiger partial charge in [-0.2, -0.15) is 4.98 Å². The molecule has 3 rings (SSSR count). The minimum atomic E-state index is 0.0916. The molecule has 3 heterocycles. The quantitative estimate of drug-likeness (QED) is 0.807. The third-order valence-corrected chi connectivity index (χ3v) is 5.02. The van der Waals surface area contributed by atoms with Crippen LogP contribution in [0.15, 0.2) is 18.6 Å². The summed E-state index contributed by atoms with van der Waals surface area (Å²) in [5, 5.41) is 9.89. The zero-order chi connectivity index (χ0) is 19.4. The Hall–Kier alpha value is -1.99. The Labute approximate surface area is 164 Å². The predicted octanol–water partition coefficient (Wildman–Crippen LogP) is 3.40. The maximum Gasteiger partial charge on any atom is 0.316 e. The molecule has 1 fully saturated rings. The van der Waals surface area contributed by atoms with E-state index < -0.39 is 0 Å². The van der Waals surface area contributed by atoms with Crippen molar-refractivity contribution in [2.75, 3.05) is 19.6 Å². The molecule has 1 unspecified atom stereocenters. The molecule has 146 valence electrons. The molecule has 1 aliphatic heterocycles. The van der Waals surface area contributed by atoms with E-state index >= 15 is 0 Å². The van der Waals surface area contributed by atoms with Gasteiger partial charge in [-0.1, -0.05) is 32.4 Å². The van der Waals surface area contributed by atoms with Crippen LogP contribution < -0.4 is 4.74 Å². The van der Waals surface area contributed by atoms with Gasteiger partial charge in [0.2, 0.25) is 0 Å². The number of ether oxygens (including phenoxy) is 1. The molecule has 2 aromatic heterocycles. The largest absolute Gasteiger partial charge is 0.505 e. The van der Waals surface area contributed by atoms with Gasteiger partial charge in [-0.3, -0.25) is 0 Å². The summed E-state index contributed by atoms with van der Waals surface area (Å²) in [5.41, 5.74) is 0.821. The topological polar surface area (TPSA) is 84.3 Å². The maximum atomic E-state index is 9.31. The normalized spacial score (nSPS) is 17.2. The van der Waals surface area contributed by atoms with Crippen LogP contribution in [-0.4, -0.2) is 55.7 Å². The summed E-state index contributed by atoms with van der Waals surface area (Å²) < 4.78 is 5.99. The molecule has 0 amide bonds. The van der Waals surface area contributed by atoms with Crippen molar-refractivity contribution < 1.29 is 9.84 Å². The number of hydrogen-bond acceptors (Lipinski definition) is 7. The molecule has 1 N–H and O–H groups in total. The van der Waals surface area contributed by atoms with E-state index in [1.165, 1.54) is 12.4 Å². The molecule has 1 saturated heterocycles. The molecule has 1 aliphatic rings. The lowest BCUT2D eigenvalue weighted by molar-refractivity contribution is 0.0896. The predicted molar refractivity (Wildman–Crippen MR) is 103 cm³/mol. The third-order valence-electron chi connectivity index (χ3n) is 4.73. The summed E-state index contributed by atoms with van der Waals surface area (Å²) in [5.74, 6) is 1.28. The van der Waals surface area contributed by atoms with E-state index in [1.807, 2.05) is 0 Å². The summed E-state index contributed by atoms with van der Waals surface area (Å²) in [6, 6.07) is 0.410. The fraction of sp³-hybridized carbons (Fsp3) is 0.579. The standard InChI is InChI=1S/C19H26ClN5O2/c1-12(2)17-16(20)10-23-19(24-17)27-15-4-6-25(7-5-15)11-13(3)18-21-8-14(26)9-22-18/h8-10,12-13,15,26H,4-7,11H2,1-3H3. The van der Waals surface area contributed by atoms with Gasteiger partial charge >= 0.3 is 6.01 Å². The maximum absolute atomic E-state index is 9.31. The fourth-order valence-electron chi connectivity index (χ4n) is 3.24. The van der Waals surface area contributed by atoms with Crippen LogP contribution in [0.5, 0.6) is 11.8 Å². The molecule has 27 heavy (non-hydrogen) atoms. The van der Waals surface area contributed by atoms with Gasteiger partial charge in [-0.05, 0) is 18.8 Å². The van der Waals surface area contributed by atoms with Crippen molar-refractivity contribution in [3.63, 3.8) is 0 Å². The number of aromatic hydroxyl groups is 1. The van der Waals surface area contributed by atoms with E-state index in [0.29, 0.717) is 11.0 Å². The van der Waals surface area contributed by atoms with Crippen LogP contribution in [0.25, 0.3) is 0 Å². The van der Waals surface area contributed by atoms with E-state index in [9.17, 15) is 5.11 Å². The first-order chi connectivity index (χ1) is 12.9. The number of likely N-dealkylation sites (tertiary alicyclic amines) is 1. The van der Waals surface area contributed by atoms with E-state index in [2.05, 4.69) is 45.6 Å². The highest BCUT2D eigenvalue weighted by Gasteiger charge is 2.24. The summed E-state index contributed by atoms with van der Waals surface area (Å²) >= 11 is 6.15. The smallest absolute Gasteiger partial charge is 0.316 e. The van der Waals surface area contributed by atoms with Crippen LogP contribution in [-0.2, 0) is 0 Å². The van der Waals surface area contributed by atoms with Crippen molar-refractivity contribution in [2.45, 2.75) is 51.6 Å². The molecule has 0 saturated carbocycles. The van der Waals surface area contributed by atoms with Gasteiger partial charge < -0.3 is 14.7 Å². The lowest BCUT2D eigenvalue weighted by Gasteiger charge is -2.32. The van der Waals surface area contributed by atoms with Crippen molar-refractivity contribution >= 4 is 11.6 Å². The van der Waals surface area contributed by atoms with Gasteiger partial charge in [0.05, 0.1) is 29.3 Å². The monoisotopic (exact) mass is 391 g/mol. The highest BCUT2D eigenvalue weighted by molar-refractivity contribution is 6.31. The summed E-state index contributed by atoms with van der Waals surface area (Å²) in [6.07, 6.45) is 6.46. The van der Waals surface area contributed by atoms with Crippen molar-refractivity contribution in [2.24, 2.45) is 0 Å². The van der Waals surface area contributed by atoms with Crippen LogP contribution in [0.1, 0.15) is 57.0 Å². The summed E-state index contributed by atoms with van der Waals surface area (Å²) in [7, 11) is 0. The Morgan fingerprint density at radius 3 is 2.44 bits per heavy atom. The zero-order valence-corrected chi connectivity index (χ0v) is 16.7. The Bertz CT molecular complexity index is 748. The van der Waals surface area contributed by atoms with Crippen LogP contribution in [0.2, 0.25) is 5.02 Å². The number of aromatic nitrogens is 4. The number of piperidine rings is 1. The van der Waals surface area contributed by atoms with E-state index in [4.69, 9.17) is 16.3 Å². The first-order valence-electron chi connectivity index (χ1n) is 9.34. The average molecular weight is 392 g/mol. The van der Waals surface area contributed by atoms with Gasteiger partial charge in [-0.15, -0.1) is 0 Å². The van der Waals surface area contributed by atoms with Gasteiger partial charge in [0, 0.05) is 25.6 Å². The lowest BCUT2D eigenvalue weighted by Crippen LogP contribution is -2.40. The van der Waals surface area contributed by atoms with Crippen LogP contribution in [0.3, 0.4) is 0 Å². The number of halogens is 1.